The number of benzene rings is 1. The molecule has 0 atom stereocenters. The van der Waals surface area contributed by atoms with Gasteiger partial charge in [-0.3, -0.25) is 4.31 Å². The van der Waals surface area contributed by atoms with Crippen molar-refractivity contribution in [3.63, 3.8) is 0 Å². The normalized spacial score (nSPS) is 11.8. The van der Waals surface area contributed by atoms with Crippen LogP contribution < -0.4 is 9.62 Å². The lowest BCUT2D eigenvalue weighted by atomic mass is 10.2. The number of nitrogens with one attached hydrogen (secondary N) is 1. The third kappa shape index (κ3) is 4.84. The molecule has 0 fully saturated rings. The van der Waals surface area contributed by atoms with Crippen molar-refractivity contribution in [2.24, 2.45) is 0 Å². The summed E-state index contributed by atoms with van der Waals surface area (Å²) in [5.41, 5.74) is 1.80. The molecule has 1 aromatic rings. The molecule has 108 valence electrons. The summed E-state index contributed by atoms with van der Waals surface area (Å²) in [5.74, 6) is 0.118. The van der Waals surface area contributed by atoms with Crippen LogP contribution >= 0.6 is 0 Å². The number of nitrogens with zero attached hydrogens (tertiary/aromatic N) is 1. The lowest BCUT2D eigenvalue weighted by Gasteiger charge is -2.23. The maximum Gasteiger partial charge on any atom is 0.236 e. The van der Waals surface area contributed by atoms with Gasteiger partial charge in [0, 0.05) is 19.1 Å². The first kappa shape index (κ1) is 16.0. The van der Waals surface area contributed by atoms with Crippen molar-refractivity contribution < 1.29 is 8.42 Å². The van der Waals surface area contributed by atoms with Crippen LogP contribution in [0.4, 0.5) is 5.69 Å². The van der Waals surface area contributed by atoms with E-state index in [1.807, 2.05) is 52.0 Å². The topological polar surface area (TPSA) is 49.4 Å². The van der Waals surface area contributed by atoms with Crippen LogP contribution in [0.1, 0.15) is 26.3 Å². The Hall–Kier alpha value is -1.07. The molecule has 0 radical (unpaired) electrons. The van der Waals surface area contributed by atoms with Crippen LogP contribution in [-0.2, 0) is 10.0 Å². The molecule has 0 aliphatic rings. The molecule has 0 aliphatic carbocycles. The highest BCUT2D eigenvalue weighted by atomic mass is 32.2. The summed E-state index contributed by atoms with van der Waals surface area (Å²) in [6.45, 7) is 8.76. The first-order valence-electron chi connectivity index (χ1n) is 6.67. The number of hydrogen-bond acceptors (Lipinski definition) is 3. The average Bonchev–Trinajstić information content (AvgIpc) is 2.28. The third-order valence-corrected chi connectivity index (χ3v) is 4.69. The first-order chi connectivity index (χ1) is 8.86. The second kappa shape index (κ2) is 6.91. The highest BCUT2D eigenvalue weighted by Gasteiger charge is 2.20. The molecule has 5 heteroatoms. The molecule has 0 amide bonds. The minimum atomic E-state index is -3.27. The standard InChI is InChI=1S/C14H24N2O2S/c1-5-16(14-8-6-7-13(4)11-14)19(17,18)10-9-15-12(2)3/h6-8,11-12,15H,5,9-10H2,1-4H3. The monoisotopic (exact) mass is 284 g/mol. The fraction of sp³-hybridized carbons (Fsp3) is 0.571. The molecule has 0 heterocycles. The van der Waals surface area contributed by atoms with Crippen molar-refractivity contribution >= 4 is 15.7 Å². The lowest BCUT2D eigenvalue weighted by Crippen LogP contribution is -2.37. The highest BCUT2D eigenvalue weighted by Crippen LogP contribution is 2.19. The summed E-state index contributed by atoms with van der Waals surface area (Å²) >= 11 is 0. The van der Waals surface area contributed by atoms with Gasteiger partial charge in [-0.05, 0) is 31.5 Å². The van der Waals surface area contributed by atoms with Crippen LogP contribution in [0.5, 0.6) is 0 Å². The van der Waals surface area contributed by atoms with Gasteiger partial charge in [0.05, 0.1) is 11.4 Å². The van der Waals surface area contributed by atoms with Crippen molar-refractivity contribution in [1.29, 1.82) is 0 Å². The van der Waals surface area contributed by atoms with E-state index in [4.69, 9.17) is 0 Å². The van der Waals surface area contributed by atoms with E-state index in [2.05, 4.69) is 5.32 Å². The first-order valence-corrected chi connectivity index (χ1v) is 8.28. The molecule has 0 bridgehead atoms. The van der Waals surface area contributed by atoms with Gasteiger partial charge in [-0.15, -0.1) is 0 Å². The summed E-state index contributed by atoms with van der Waals surface area (Å²) in [7, 11) is -3.27. The number of rotatable bonds is 7. The largest absolute Gasteiger partial charge is 0.313 e. The van der Waals surface area contributed by atoms with Gasteiger partial charge in [0.15, 0.2) is 0 Å². The van der Waals surface area contributed by atoms with Crippen LogP contribution in [0.3, 0.4) is 0 Å². The van der Waals surface area contributed by atoms with Gasteiger partial charge in [0.2, 0.25) is 10.0 Å². The molecule has 0 aromatic heterocycles. The van der Waals surface area contributed by atoms with Crippen LogP contribution in [-0.4, -0.2) is 33.3 Å². The SMILES string of the molecule is CCN(c1cccc(C)c1)S(=O)(=O)CCNC(C)C. The third-order valence-electron chi connectivity index (χ3n) is 2.83. The summed E-state index contributed by atoms with van der Waals surface area (Å²) in [5, 5.41) is 3.14. The molecular formula is C14H24N2O2S. The van der Waals surface area contributed by atoms with Crippen LogP contribution in [0.15, 0.2) is 24.3 Å². The van der Waals surface area contributed by atoms with Crippen LogP contribution in [0.25, 0.3) is 0 Å². The Morgan fingerprint density at radius 3 is 2.53 bits per heavy atom. The zero-order chi connectivity index (χ0) is 14.5. The van der Waals surface area contributed by atoms with E-state index in [-0.39, 0.29) is 5.75 Å². The summed E-state index contributed by atoms with van der Waals surface area (Å²) < 4.78 is 26.2. The molecule has 0 saturated carbocycles. The van der Waals surface area contributed by atoms with E-state index in [1.165, 1.54) is 4.31 Å². The van der Waals surface area contributed by atoms with E-state index in [1.54, 1.807) is 0 Å². The Balaban J connectivity index is 2.84. The Morgan fingerprint density at radius 1 is 1.32 bits per heavy atom. The maximum atomic E-state index is 12.3. The van der Waals surface area contributed by atoms with Crippen molar-refractivity contribution in [2.45, 2.75) is 33.7 Å². The van der Waals surface area contributed by atoms with Gasteiger partial charge < -0.3 is 5.32 Å². The lowest BCUT2D eigenvalue weighted by molar-refractivity contribution is 0.575. The van der Waals surface area contributed by atoms with Crippen molar-refractivity contribution in [1.82, 2.24) is 5.32 Å². The Bertz CT molecular complexity index is 498. The number of sulfonamides is 1. The zero-order valence-electron chi connectivity index (χ0n) is 12.2. The summed E-state index contributed by atoms with van der Waals surface area (Å²) in [6.07, 6.45) is 0. The van der Waals surface area contributed by atoms with Gasteiger partial charge in [-0.2, -0.15) is 0 Å². The second-order valence-corrected chi connectivity index (χ2v) is 6.94. The van der Waals surface area contributed by atoms with Gasteiger partial charge in [-0.25, -0.2) is 8.42 Å². The number of anilines is 1. The van der Waals surface area contributed by atoms with Gasteiger partial charge in [-0.1, -0.05) is 26.0 Å². The Morgan fingerprint density at radius 2 is 2.00 bits per heavy atom. The van der Waals surface area contributed by atoms with E-state index in [0.717, 1.165) is 11.3 Å². The quantitative estimate of drug-likeness (QED) is 0.834. The van der Waals surface area contributed by atoms with E-state index in [9.17, 15) is 8.42 Å². The van der Waals surface area contributed by atoms with Crippen molar-refractivity contribution in [3.05, 3.63) is 29.8 Å². The van der Waals surface area contributed by atoms with Gasteiger partial charge >= 0.3 is 0 Å². The molecule has 4 nitrogen and oxygen atoms in total. The van der Waals surface area contributed by atoms with Gasteiger partial charge in [0.1, 0.15) is 0 Å². The molecule has 1 aromatic carbocycles. The molecule has 0 unspecified atom stereocenters. The summed E-state index contributed by atoms with van der Waals surface area (Å²) in [4.78, 5) is 0. The predicted molar refractivity (Wildman–Crippen MR) is 81.1 cm³/mol. The smallest absolute Gasteiger partial charge is 0.236 e. The Kier molecular flexibility index (Phi) is 5.82. The highest BCUT2D eigenvalue weighted by molar-refractivity contribution is 7.92. The average molecular weight is 284 g/mol. The fourth-order valence-corrected chi connectivity index (χ4v) is 3.33. The summed E-state index contributed by atoms with van der Waals surface area (Å²) in [6, 6.07) is 7.88. The molecule has 1 rings (SSSR count). The minimum Gasteiger partial charge on any atom is -0.313 e. The van der Waals surface area contributed by atoms with Crippen molar-refractivity contribution in [2.75, 3.05) is 23.1 Å². The van der Waals surface area contributed by atoms with Crippen molar-refractivity contribution in [3.8, 4) is 0 Å². The maximum absolute atomic E-state index is 12.3. The van der Waals surface area contributed by atoms with E-state index in [0.29, 0.717) is 19.1 Å². The zero-order valence-corrected chi connectivity index (χ0v) is 13.0. The number of aryl methyl sites for hydroxylation is 1. The van der Waals surface area contributed by atoms with Crippen LogP contribution in [0, 0.1) is 6.92 Å². The molecular weight excluding hydrogens is 260 g/mol. The van der Waals surface area contributed by atoms with E-state index >= 15 is 0 Å². The minimum absolute atomic E-state index is 0.118. The molecule has 0 spiro atoms. The molecule has 0 saturated heterocycles. The van der Waals surface area contributed by atoms with E-state index < -0.39 is 10.0 Å². The second-order valence-electron chi connectivity index (χ2n) is 4.93. The van der Waals surface area contributed by atoms with Gasteiger partial charge in [0.25, 0.3) is 0 Å². The Labute approximate surface area is 116 Å². The van der Waals surface area contributed by atoms with Crippen LogP contribution in [0.2, 0.25) is 0 Å². The number of hydrogen-bond donors (Lipinski definition) is 1. The molecule has 19 heavy (non-hydrogen) atoms. The predicted octanol–water partition coefficient (Wildman–Crippen LogP) is 2.15. The molecule has 0 aliphatic heterocycles. The fourth-order valence-electron chi connectivity index (χ4n) is 1.91. The molecule has 1 N–H and O–H groups in total.